The standard InChI is InChI=1S/C33H60O6/c1-25(2)17-10-7-13-22-37-31(34)28-20-16-21-29(32(35)38-23-14-8-11-18-26(3)4)30(28)33(36)39-24-15-9-12-19-27(5)6/h25-30H,7-24H2,1-6H3. The second-order valence-electron chi connectivity index (χ2n) is 12.9. The lowest BCUT2D eigenvalue weighted by atomic mass is 9.72. The van der Waals surface area contributed by atoms with Crippen molar-refractivity contribution in [3.63, 3.8) is 0 Å². The largest absolute Gasteiger partial charge is 0.465 e. The molecule has 1 aliphatic carbocycles. The van der Waals surface area contributed by atoms with Gasteiger partial charge in [0.05, 0.1) is 37.6 Å². The Morgan fingerprint density at radius 3 is 1.18 bits per heavy atom. The minimum Gasteiger partial charge on any atom is -0.465 e. The average molecular weight is 553 g/mol. The highest BCUT2D eigenvalue weighted by molar-refractivity contribution is 5.87. The van der Waals surface area contributed by atoms with Crippen molar-refractivity contribution in [1.82, 2.24) is 0 Å². The molecule has 0 heterocycles. The lowest BCUT2D eigenvalue weighted by molar-refractivity contribution is -0.172. The van der Waals surface area contributed by atoms with E-state index in [1.54, 1.807) is 0 Å². The third-order valence-electron chi connectivity index (χ3n) is 7.79. The zero-order chi connectivity index (χ0) is 29.0. The normalized spacial score (nSPS) is 19.5. The maximum Gasteiger partial charge on any atom is 0.310 e. The Kier molecular flexibility index (Phi) is 19.3. The molecule has 0 aromatic heterocycles. The number of ether oxygens (including phenoxy) is 3. The Bertz CT molecular complexity index is 631. The summed E-state index contributed by atoms with van der Waals surface area (Å²) in [6, 6.07) is 0. The second kappa shape index (κ2) is 21.2. The maximum atomic E-state index is 13.3. The van der Waals surface area contributed by atoms with Crippen molar-refractivity contribution in [2.45, 2.75) is 138 Å². The summed E-state index contributed by atoms with van der Waals surface area (Å²) in [4.78, 5) is 39.5. The fourth-order valence-corrected chi connectivity index (χ4v) is 5.38. The Balaban J connectivity index is 2.70. The minimum atomic E-state index is -0.823. The molecular formula is C33H60O6. The van der Waals surface area contributed by atoms with Gasteiger partial charge in [-0.1, -0.05) is 106 Å². The van der Waals surface area contributed by atoms with Crippen LogP contribution in [0, 0.1) is 35.5 Å². The fraction of sp³-hybridized carbons (Fsp3) is 0.909. The molecule has 0 N–H and O–H groups in total. The van der Waals surface area contributed by atoms with Crippen LogP contribution >= 0.6 is 0 Å². The van der Waals surface area contributed by atoms with Crippen molar-refractivity contribution in [2.75, 3.05) is 19.8 Å². The second-order valence-corrected chi connectivity index (χ2v) is 12.9. The summed E-state index contributed by atoms with van der Waals surface area (Å²) in [5, 5.41) is 0. The van der Waals surface area contributed by atoms with Gasteiger partial charge >= 0.3 is 17.9 Å². The van der Waals surface area contributed by atoms with E-state index in [9.17, 15) is 14.4 Å². The van der Waals surface area contributed by atoms with Gasteiger partial charge < -0.3 is 14.2 Å². The van der Waals surface area contributed by atoms with Gasteiger partial charge in [-0.15, -0.1) is 0 Å². The van der Waals surface area contributed by atoms with E-state index < -0.39 is 23.7 Å². The number of hydrogen-bond donors (Lipinski definition) is 0. The van der Waals surface area contributed by atoms with Crippen molar-refractivity contribution in [1.29, 1.82) is 0 Å². The smallest absolute Gasteiger partial charge is 0.310 e. The summed E-state index contributed by atoms with van der Waals surface area (Å²) in [7, 11) is 0. The average Bonchev–Trinajstić information content (AvgIpc) is 2.88. The zero-order valence-corrected chi connectivity index (χ0v) is 26.1. The van der Waals surface area contributed by atoms with E-state index in [0.717, 1.165) is 64.2 Å². The third kappa shape index (κ3) is 16.3. The van der Waals surface area contributed by atoms with Crippen molar-refractivity contribution in [3.05, 3.63) is 0 Å². The van der Waals surface area contributed by atoms with Crippen LogP contribution in [0.3, 0.4) is 0 Å². The monoisotopic (exact) mass is 552 g/mol. The fourth-order valence-electron chi connectivity index (χ4n) is 5.38. The summed E-state index contributed by atoms with van der Waals surface area (Å²) >= 11 is 0. The number of rotatable bonds is 21. The van der Waals surface area contributed by atoms with Crippen molar-refractivity contribution in [2.24, 2.45) is 35.5 Å². The molecule has 0 aromatic carbocycles. The molecule has 0 spiro atoms. The molecule has 228 valence electrons. The first-order chi connectivity index (χ1) is 18.6. The molecule has 0 aliphatic heterocycles. The molecule has 1 aliphatic rings. The molecule has 2 atom stereocenters. The van der Waals surface area contributed by atoms with Crippen LogP contribution in [0.5, 0.6) is 0 Å². The molecular weight excluding hydrogens is 492 g/mol. The van der Waals surface area contributed by atoms with Gasteiger partial charge in [-0.05, 0) is 49.9 Å². The topological polar surface area (TPSA) is 78.9 Å². The summed E-state index contributed by atoms with van der Waals surface area (Å²) < 4.78 is 16.9. The van der Waals surface area contributed by atoms with E-state index in [1.165, 1.54) is 12.8 Å². The molecule has 1 saturated carbocycles. The van der Waals surface area contributed by atoms with Gasteiger partial charge in [-0.3, -0.25) is 14.4 Å². The van der Waals surface area contributed by atoms with E-state index in [1.807, 2.05) is 0 Å². The highest BCUT2D eigenvalue weighted by Gasteiger charge is 2.47. The molecule has 0 bridgehead atoms. The number of unbranched alkanes of at least 4 members (excludes halogenated alkanes) is 6. The number of carbonyl (C=O) groups excluding carboxylic acids is 3. The predicted molar refractivity (Wildman–Crippen MR) is 157 cm³/mol. The van der Waals surface area contributed by atoms with Crippen LogP contribution in [-0.4, -0.2) is 37.7 Å². The van der Waals surface area contributed by atoms with Gasteiger partial charge in [0.25, 0.3) is 0 Å². The lowest BCUT2D eigenvalue weighted by Crippen LogP contribution is -2.44. The minimum absolute atomic E-state index is 0.322. The van der Waals surface area contributed by atoms with Gasteiger partial charge in [0.1, 0.15) is 0 Å². The van der Waals surface area contributed by atoms with Gasteiger partial charge in [-0.25, -0.2) is 0 Å². The Morgan fingerprint density at radius 1 is 0.513 bits per heavy atom. The summed E-state index contributed by atoms with van der Waals surface area (Å²) in [6.07, 6.45) is 14.1. The van der Waals surface area contributed by atoms with E-state index in [-0.39, 0.29) is 11.9 Å². The third-order valence-corrected chi connectivity index (χ3v) is 7.79. The van der Waals surface area contributed by atoms with Crippen LogP contribution in [0.15, 0.2) is 0 Å². The first kappa shape index (κ1) is 35.4. The van der Waals surface area contributed by atoms with Crippen LogP contribution in [0.2, 0.25) is 0 Å². The molecule has 1 rings (SSSR count). The van der Waals surface area contributed by atoms with Crippen LogP contribution in [0.1, 0.15) is 138 Å². The molecule has 0 radical (unpaired) electrons. The highest BCUT2D eigenvalue weighted by Crippen LogP contribution is 2.38. The van der Waals surface area contributed by atoms with Crippen LogP contribution < -0.4 is 0 Å². The molecule has 6 heteroatoms. The lowest BCUT2D eigenvalue weighted by Gasteiger charge is -2.34. The molecule has 0 amide bonds. The van der Waals surface area contributed by atoms with Crippen molar-refractivity contribution in [3.8, 4) is 0 Å². The predicted octanol–water partition coefficient (Wildman–Crippen LogP) is 8.30. The van der Waals surface area contributed by atoms with Crippen LogP contribution in [-0.2, 0) is 28.6 Å². The molecule has 2 unspecified atom stereocenters. The van der Waals surface area contributed by atoms with E-state index >= 15 is 0 Å². The Labute approximate surface area is 239 Å². The number of esters is 3. The van der Waals surface area contributed by atoms with Crippen molar-refractivity contribution >= 4 is 17.9 Å². The zero-order valence-electron chi connectivity index (χ0n) is 26.1. The first-order valence-corrected chi connectivity index (χ1v) is 16.1. The summed E-state index contributed by atoms with van der Waals surface area (Å²) in [5.41, 5.74) is 0. The van der Waals surface area contributed by atoms with E-state index in [4.69, 9.17) is 14.2 Å². The number of hydrogen-bond acceptors (Lipinski definition) is 6. The highest BCUT2D eigenvalue weighted by atomic mass is 16.5. The molecule has 39 heavy (non-hydrogen) atoms. The first-order valence-electron chi connectivity index (χ1n) is 16.1. The quantitative estimate of drug-likeness (QED) is 0.0809. The molecule has 6 nitrogen and oxygen atoms in total. The van der Waals surface area contributed by atoms with E-state index in [0.29, 0.717) is 56.8 Å². The molecule has 0 saturated heterocycles. The Hall–Kier alpha value is -1.59. The van der Waals surface area contributed by atoms with Gasteiger partial charge in [-0.2, -0.15) is 0 Å². The SMILES string of the molecule is CC(C)CCCCCOC(=O)C1CCCC(C(=O)OCCCCCC(C)C)C1C(=O)OCCCCCC(C)C. The van der Waals surface area contributed by atoms with E-state index in [2.05, 4.69) is 41.5 Å². The van der Waals surface area contributed by atoms with Gasteiger partial charge in [0.15, 0.2) is 0 Å². The van der Waals surface area contributed by atoms with Crippen molar-refractivity contribution < 1.29 is 28.6 Å². The maximum absolute atomic E-state index is 13.3. The number of carbonyl (C=O) groups is 3. The van der Waals surface area contributed by atoms with Crippen LogP contribution in [0.25, 0.3) is 0 Å². The van der Waals surface area contributed by atoms with Gasteiger partial charge in [0, 0.05) is 0 Å². The summed E-state index contributed by atoms with van der Waals surface area (Å²) in [5.74, 6) is -1.29. The Morgan fingerprint density at radius 2 is 0.846 bits per heavy atom. The molecule has 1 fully saturated rings. The molecule has 0 aromatic rings. The van der Waals surface area contributed by atoms with Gasteiger partial charge in [0.2, 0.25) is 0 Å². The van der Waals surface area contributed by atoms with Crippen LogP contribution in [0.4, 0.5) is 0 Å². The summed E-state index contributed by atoms with van der Waals surface area (Å²) in [6.45, 7) is 14.3.